The van der Waals surface area contributed by atoms with Crippen LogP contribution in [0.15, 0.2) is 42.5 Å². The van der Waals surface area contributed by atoms with Crippen molar-refractivity contribution in [1.82, 2.24) is 10.2 Å². The minimum Gasteiger partial charge on any atom is -0.378 e. The lowest BCUT2D eigenvalue weighted by Gasteiger charge is -2.36. The number of anilines is 1. The van der Waals surface area contributed by atoms with Gasteiger partial charge in [-0.1, -0.05) is 41.4 Å². The zero-order valence-corrected chi connectivity index (χ0v) is 15.6. The van der Waals surface area contributed by atoms with Gasteiger partial charge in [0.2, 0.25) is 0 Å². The van der Waals surface area contributed by atoms with E-state index in [9.17, 15) is 0 Å². The van der Waals surface area contributed by atoms with Gasteiger partial charge in [-0.3, -0.25) is 4.90 Å². The van der Waals surface area contributed by atoms with E-state index in [4.69, 9.17) is 23.2 Å². The summed E-state index contributed by atoms with van der Waals surface area (Å²) in [6.07, 6.45) is 0. The van der Waals surface area contributed by atoms with Crippen LogP contribution in [0, 0.1) is 0 Å². The maximum absolute atomic E-state index is 6.28. The molecule has 1 N–H and O–H groups in total. The Hall–Kier alpha value is -1.26. The third-order valence-corrected chi connectivity index (χ3v) is 5.24. The van der Waals surface area contributed by atoms with Crippen LogP contribution < -0.4 is 10.2 Å². The number of hydrogen-bond donors (Lipinski definition) is 1. The molecule has 0 aromatic heterocycles. The number of hydrogen-bond acceptors (Lipinski definition) is 3. The second-order valence-corrected chi connectivity index (χ2v) is 7.16. The van der Waals surface area contributed by atoms with Gasteiger partial charge in [-0.15, -0.1) is 0 Å². The van der Waals surface area contributed by atoms with Crippen LogP contribution in [0.5, 0.6) is 0 Å². The molecule has 0 radical (unpaired) electrons. The molecule has 2 aromatic carbocycles. The lowest BCUT2D eigenvalue weighted by Crippen LogP contribution is -2.45. The second kappa shape index (κ2) is 7.75. The summed E-state index contributed by atoms with van der Waals surface area (Å²) in [7, 11) is 4.11. The van der Waals surface area contributed by atoms with Gasteiger partial charge >= 0.3 is 0 Å². The third kappa shape index (κ3) is 3.86. The fraction of sp³-hybridized carbons (Fsp3) is 0.368. The highest BCUT2D eigenvalue weighted by molar-refractivity contribution is 6.42. The molecule has 0 spiro atoms. The van der Waals surface area contributed by atoms with Gasteiger partial charge in [0.05, 0.1) is 16.1 Å². The van der Waals surface area contributed by atoms with Crippen molar-refractivity contribution in [2.24, 2.45) is 0 Å². The van der Waals surface area contributed by atoms with Gasteiger partial charge in [0, 0.05) is 46.0 Å². The standard InChI is InChI=1S/C19H23Cl2N3/c1-23(2)16-6-3-14(4-7-16)19(24-11-9-22-10-12-24)15-5-8-17(20)18(21)13-15/h3-8,13,19,22H,9-12H2,1-2H3. The van der Waals surface area contributed by atoms with E-state index in [1.807, 2.05) is 12.1 Å². The molecule has 0 saturated carbocycles. The Morgan fingerprint density at radius 2 is 1.54 bits per heavy atom. The maximum Gasteiger partial charge on any atom is 0.0603 e. The van der Waals surface area contributed by atoms with E-state index < -0.39 is 0 Å². The Balaban J connectivity index is 1.98. The summed E-state index contributed by atoms with van der Waals surface area (Å²) in [6, 6.07) is 14.9. The topological polar surface area (TPSA) is 18.5 Å². The first-order valence-electron chi connectivity index (χ1n) is 8.23. The van der Waals surface area contributed by atoms with Gasteiger partial charge in [-0.05, 0) is 35.4 Å². The molecule has 1 aliphatic heterocycles. The SMILES string of the molecule is CN(C)c1ccc(C(c2ccc(Cl)c(Cl)c2)N2CCNCC2)cc1. The fourth-order valence-corrected chi connectivity index (χ4v) is 3.50. The van der Waals surface area contributed by atoms with Crippen molar-refractivity contribution in [3.8, 4) is 0 Å². The molecule has 1 heterocycles. The van der Waals surface area contributed by atoms with Gasteiger partial charge in [0.15, 0.2) is 0 Å². The first-order chi connectivity index (χ1) is 11.6. The van der Waals surface area contributed by atoms with Crippen molar-refractivity contribution < 1.29 is 0 Å². The Labute approximate surface area is 154 Å². The quantitative estimate of drug-likeness (QED) is 0.883. The summed E-state index contributed by atoms with van der Waals surface area (Å²) in [4.78, 5) is 4.61. The van der Waals surface area contributed by atoms with Crippen LogP contribution in [0.3, 0.4) is 0 Å². The maximum atomic E-state index is 6.28. The molecular formula is C19H23Cl2N3. The molecule has 1 atom stereocenters. The summed E-state index contributed by atoms with van der Waals surface area (Å²) in [5.74, 6) is 0. The van der Waals surface area contributed by atoms with E-state index in [0.29, 0.717) is 10.0 Å². The number of rotatable bonds is 4. The largest absolute Gasteiger partial charge is 0.378 e. The van der Waals surface area contributed by atoms with Crippen LogP contribution in [0.1, 0.15) is 17.2 Å². The average molecular weight is 364 g/mol. The predicted molar refractivity (Wildman–Crippen MR) is 104 cm³/mol. The Kier molecular flexibility index (Phi) is 5.67. The molecule has 1 aliphatic rings. The lowest BCUT2D eigenvalue weighted by atomic mass is 9.96. The first-order valence-corrected chi connectivity index (χ1v) is 8.99. The molecule has 0 aliphatic carbocycles. The van der Waals surface area contributed by atoms with Crippen LogP contribution in [0.25, 0.3) is 0 Å². The molecule has 0 amide bonds. The molecule has 1 unspecified atom stereocenters. The van der Waals surface area contributed by atoms with Crippen molar-refractivity contribution in [2.45, 2.75) is 6.04 Å². The van der Waals surface area contributed by atoms with Gasteiger partial charge in [0.25, 0.3) is 0 Å². The van der Waals surface area contributed by atoms with E-state index in [-0.39, 0.29) is 6.04 Å². The van der Waals surface area contributed by atoms with Crippen molar-refractivity contribution in [3.63, 3.8) is 0 Å². The van der Waals surface area contributed by atoms with Gasteiger partial charge < -0.3 is 10.2 Å². The lowest BCUT2D eigenvalue weighted by molar-refractivity contribution is 0.198. The van der Waals surface area contributed by atoms with E-state index in [1.54, 1.807) is 0 Å². The Bertz CT molecular complexity index is 680. The normalized spacial score (nSPS) is 16.8. The van der Waals surface area contributed by atoms with E-state index in [1.165, 1.54) is 16.8 Å². The zero-order valence-electron chi connectivity index (χ0n) is 14.1. The van der Waals surface area contributed by atoms with Gasteiger partial charge in [0.1, 0.15) is 0 Å². The summed E-state index contributed by atoms with van der Waals surface area (Å²) in [6.45, 7) is 4.04. The van der Waals surface area contributed by atoms with Crippen LogP contribution >= 0.6 is 23.2 Å². The number of nitrogens with one attached hydrogen (secondary N) is 1. The number of nitrogens with zero attached hydrogens (tertiary/aromatic N) is 2. The highest BCUT2D eigenvalue weighted by Gasteiger charge is 2.24. The number of halogens is 2. The number of piperazine rings is 1. The van der Waals surface area contributed by atoms with Crippen molar-refractivity contribution in [1.29, 1.82) is 0 Å². The van der Waals surface area contributed by atoms with Gasteiger partial charge in [-0.2, -0.15) is 0 Å². The smallest absolute Gasteiger partial charge is 0.0603 e. The molecule has 1 fully saturated rings. The number of benzene rings is 2. The highest BCUT2D eigenvalue weighted by Crippen LogP contribution is 2.33. The van der Waals surface area contributed by atoms with Crippen molar-refractivity contribution in [2.75, 3.05) is 45.2 Å². The monoisotopic (exact) mass is 363 g/mol. The average Bonchev–Trinajstić information content (AvgIpc) is 2.60. The molecule has 3 nitrogen and oxygen atoms in total. The molecule has 1 saturated heterocycles. The van der Waals surface area contributed by atoms with Crippen LogP contribution in [-0.2, 0) is 0 Å². The Morgan fingerprint density at radius 3 is 2.12 bits per heavy atom. The second-order valence-electron chi connectivity index (χ2n) is 6.35. The Morgan fingerprint density at radius 1 is 0.917 bits per heavy atom. The van der Waals surface area contributed by atoms with Crippen LogP contribution in [0.4, 0.5) is 5.69 Å². The molecule has 128 valence electrons. The summed E-state index contributed by atoms with van der Waals surface area (Å²) in [5.41, 5.74) is 3.66. The summed E-state index contributed by atoms with van der Waals surface area (Å²) in [5, 5.41) is 4.63. The fourth-order valence-electron chi connectivity index (χ4n) is 3.19. The van der Waals surface area contributed by atoms with E-state index in [2.05, 4.69) is 59.5 Å². The minimum absolute atomic E-state index is 0.193. The summed E-state index contributed by atoms with van der Waals surface area (Å²) < 4.78 is 0. The molecule has 3 rings (SSSR count). The third-order valence-electron chi connectivity index (χ3n) is 4.50. The molecular weight excluding hydrogens is 341 g/mol. The predicted octanol–water partition coefficient (Wildman–Crippen LogP) is 4.05. The molecule has 0 bridgehead atoms. The van der Waals surface area contributed by atoms with Crippen molar-refractivity contribution in [3.05, 3.63) is 63.6 Å². The van der Waals surface area contributed by atoms with Crippen molar-refractivity contribution >= 4 is 28.9 Å². The zero-order chi connectivity index (χ0) is 17.1. The molecule has 2 aromatic rings. The highest BCUT2D eigenvalue weighted by atomic mass is 35.5. The first kappa shape index (κ1) is 17.6. The van der Waals surface area contributed by atoms with E-state index >= 15 is 0 Å². The van der Waals surface area contributed by atoms with Gasteiger partial charge in [-0.25, -0.2) is 0 Å². The summed E-state index contributed by atoms with van der Waals surface area (Å²) >= 11 is 12.4. The minimum atomic E-state index is 0.193. The van der Waals surface area contributed by atoms with Crippen LogP contribution in [0.2, 0.25) is 10.0 Å². The van der Waals surface area contributed by atoms with Crippen LogP contribution in [-0.4, -0.2) is 45.2 Å². The van der Waals surface area contributed by atoms with E-state index in [0.717, 1.165) is 26.2 Å². The molecule has 5 heteroatoms. The molecule has 24 heavy (non-hydrogen) atoms.